The summed E-state index contributed by atoms with van der Waals surface area (Å²) in [5.41, 5.74) is 0. The van der Waals surface area contributed by atoms with Gasteiger partial charge in [0.2, 0.25) is 0 Å². The molecule has 3 rings (SSSR count). The lowest BCUT2D eigenvalue weighted by atomic mass is 9.82. The highest BCUT2D eigenvalue weighted by Gasteiger charge is 2.29. The number of methoxy groups -OCH3 is 2. The summed E-state index contributed by atoms with van der Waals surface area (Å²) in [4.78, 5) is 12.0. The predicted molar refractivity (Wildman–Crippen MR) is 98.5 cm³/mol. The summed E-state index contributed by atoms with van der Waals surface area (Å²) in [6.45, 7) is 4.45. The van der Waals surface area contributed by atoms with Crippen molar-refractivity contribution < 1.29 is 24.1 Å². The van der Waals surface area contributed by atoms with E-state index in [0.717, 1.165) is 22.9 Å². The quantitative estimate of drug-likeness (QED) is 0.824. The Labute approximate surface area is 151 Å². The van der Waals surface area contributed by atoms with Crippen molar-refractivity contribution in [2.24, 2.45) is 11.8 Å². The lowest BCUT2D eigenvalue weighted by molar-refractivity contribution is 0.0684. The maximum atomic E-state index is 11.7. The second kappa shape index (κ2) is 7.12. The first-order valence-corrected chi connectivity index (χ1v) is 9.33. The molecule has 1 heterocycles. The van der Waals surface area contributed by atoms with Crippen LogP contribution < -0.4 is 14.2 Å². The van der Waals surface area contributed by atoms with Crippen LogP contribution in [0, 0.1) is 11.8 Å². The van der Waals surface area contributed by atoms with Gasteiger partial charge in [0.25, 0.3) is 0 Å². The first-order chi connectivity index (χ1) is 11.9. The summed E-state index contributed by atoms with van der Waals surface area (Å²) in [5, 5.41) is 10.4. The molecule has 0 amide bonds. The summed E-state index contributed by atoms with van der Waals surface area (Å²) < 4.78 is 17.8. The van der Waals surface area contributed by atoms with Gasteiger partial charge >= 0.3 is 5.97 Å². The molecule has 0 spiro atoms. The highest BCUT2D eigenvalue weighted by atomic mass is 32.1. The number of fused-ring (bicyclic) bond motifs is 1. The van der Waals surface area contributed by atoms with E-state index in [2.05, 4.69) is 13.8 Å². The number of benzene rings is 1. The molecule has 2 unspecified atom stereocenters. The van der Waals surface area contributed by atoms with Crippen LogP contribution in [0.4, 0.5) is 0 Å². The number of hydrogen-bond acceptors (Lipinski definition) is 5. The summed E-state index contributed by atoms with van der Waals surface area (Å²) in [5.74, 6) is 1.81. The molecule has 1 saturated carbocycles. The summed E-state index contributed by atoms with van der Waals surface area (Å²) in [6.07, 6.45) is 3.14. The smallest absolute Gasteiger partial charge is 0.349 e. The number of carboxylic acid groups (broad SMARTS) is 1. The Morgan fingerprint density at radius 1 is 1.08 bits per heavy atom. The Morgan fingerprint density at radius 3 is 2.24 bits per heavy atom. The first kappa shape index (κ1) is 17.9. The van der Waals surface area contributed by atoms with E-state index in [1.54, 1.807) is 14.2 Å². The van der Waals surface area contributed by atoms with Crippen LogP contribution in [0.25, 0.3) is 10.1 Å². The van der Waals surface area contributed by atoms with Crippen LogP contribution in [0.5, 0.6) is 17.2 Å². The first-order valence-electron chi connectivity index (χ1n) is 8.51. The second-order valence-electron chi connectivity index (χ2n) is 6.93. The average Bonchev–Trinajstić information content (AvgIpc) is 2.90. The fraction of sp³-hybridized carbons (Fsp3) is 0.526. The zero-order chi connectivity index (χ0) is 18.1. The molecule has 1 aromatic carbocycles. The van der Waals surface area contributed by atoms with Crippen molar-refractivity contribution in [2.75, 3.05) is 14.2 Å². The van der Waals surface area contributed by atoms with Crippen LogP contribution >= 0.6 is 11.3 Å². The molecule has 2 atom stereocenters. The van der Waals surface area contributed by atoms with E-state index in [-0.39, 0.29) is 11.0 Å². The van der Waals surface area contributed by atoms with Gasteiger partial charge in [0.1, 0.15) is 0 Å². The Bertz CT molecular complexity index is 772. The van der Waals surface area contributed by atoms with Gasteiger partial charge in [-0.25, -0.2) is 4.79 Å². The molecule has 6 heteroatoms. The molecule has 25 heavy (non-hydrogen) atoms. The molecule has 1 fully saturated rings. The van der Waals surface area contributed by atoms with Gasteiger partial charge < -0.3 is 19.3 Å². The molecule has 0 bridgehead atoms. The predicted octanol–water partition coefficient (Wildman–Crippen LogP) is 4.82. The minimum Gasteiger partial charge on any atom is -0.493 e. The molecule has 1 aliphatic rings. The molecule has 1 aliphatic carbocycles. The summed E-state index contributed by atoms with van der Waals surface area (Å²) in [6, 6.07) is 3.62. The molecule has 0 aliphatic heterocycles. The molecular formula is C19H24O5S. The Kier molecular flexibility index (Phi) is 5.08. The van der Waals surface area contributed by atoms with Crippen molar-refractivity contribution in [3.63, 3.8) is 0 Å². The minimum atomic E-state index is -0.967. The topological polar surface area (TPSA) is 65.0 Å². The molecule has 0 radical (unpaired) electrons. The van der Waals surface area contributed by atoms with E-state index in [9.17, 15) is 9.90 Å². The van der Waals surface area contributed by atoms with E-state index >= 15 is 0 Å². The van der Waals surface area contributed by atoms with Gasteiger partial charge in [0, 0.05) is 16.2 Å². The van der Waals surface area contributed by atoms with E-state index in [1.165, 1.54) is 17.8 Å². The van der Waals surface area contributed by atoms with E-state index in [0.29, 0.717) is 29.1 Å². The molecule has 5 nitrogen and oxygen atoms in total. The molecular weight excluding hydrogens is 340 g/mol. The Morgan fingerprint density at radius 2 is 1.68 bits per heavy atom. The van der Waals surface area contributed by atoms with Crippen LogP contribution in [0.2, 0.25) is 0 Å². The maximum Gasteiger partial charge on any atom is 0.349 e. The third-order valence-electron chi connectivity index (χ3n) is 4.76. The number of rotatable bonds is 5. The lowest BCUT2D eigenvalue weighted by Gasteiger charge is -2.31. The van der Waals surface area contributed by atoms with Crippen LogP contribution in [-0.4, -0.2) is 31.4 Å². The number of carboxylic acids is 1. The van der Waals surface area contributed by atoms with Crippen molar-refractivity contribution in [3.05, 3.63) is 17.0 Å². The Balaban J connectivity index is 2.05. The largest absolute Gasteiger partial charge is 0.493 e. The summed E-state index contributed by atoms with van der Waals surface area (Å²) in [7, 11) is 3.14. The van der Waals surface area contributed by atoms with Gasteiger partial charge in [-0.2, -0.15) is 0 Å². The second-order valence-corrected chi connectivity index (χ2v) is 7.98. The Hall–Kier alpha value is -1.95. The molecule has 1 aromatic heterocycles. The fourth-order valence-electron chi connectivity index (χ4n) is 3.79. The third-order valence-corrected chi connectivity index (χ3v) is 5.88. The summed E-state index contributed by atoms with van der Waals surface area (Å²) >= 11 is 1.21. The minimum absolute atomic E-state index is 0.0442. The van der Waals surface area contributed by atoms with Crippen LogP contribution in [0.1, 0.15) is 42.8 Å². The van der Waals surface area contributed by atoms with Gasteiger partial charge in [-0.1, -0.05) is 13.8 Å². The van der Waals surface area contributed by atoms with E-state index < -0.39 is 5.97 Å². The average molecular weight is 364 g/mol. The van der Waals surface area contributed by atoms with Gasteiger partial charge in [0.05, 0.1) is 20.3 Å². The van der Waals surface area contributed by atoms with Crippen molar-refractivity contribution in [2.45, 2.75) is 39.2 Å². The van der Waals surface area contributed by atoms with Crippen LogP contribution in [0.3, 0.4) is 0 Å². The standard InChI is InChI=1S/C19H24O5S/c1-10-5-11(2)7-12(6-10)24-17-13-8-14(22-3)15(23-4)9-16(13)25-18(17)19(20)21/h8-12H,5-7H2,1-4H3,(H,20,21). The molecule has 1 N–H and O–H groups in total. The van der Waals surface area contributed by atoms with Gasteiger partial charge in [-0.05, 0) is 37.2 Å². The van der Waals surface area contributed by atoms with Crippen molar-refractivity contribution >= 4 is 27.4 Å². The highest BCUT2D eigenvalue weighted by molar-refractivity contribution is 7.21. The van der Waals surface area contributed by atoms with Crippen molar-refractivity contribution in [3.8, 4) is 17.2 Å². The zero-order valence-corrected chi connectivity index (χ0v) is 15.8. The van der Waals surface area contributed by atoms with Crippen molar-refractivity contribution in [1.82, 2.24) is 0 Å². The number of ether oxygens (including phenoxy) is 3. The van der Waals surface area contributed by atoms with Crippen LogP contribution in [-0.2, 0) is 0 Å². The molecule has 136 valence electrons. The molecule has 0 saturated heterocycles. The highest BCUT2D eigenvalue weighted by Crippen LogP contribution is 2.45. The maximum absolute atomic E-state index is 11.7. The third kappa shape index (κ3) is 3.54. The van der Waals surface area contributed by atoms with Gasteiger partial charge in [-0.15, -0.1) is 11.3 Å². The molecule has 2 aromatic rings. The zero-order valence-electron chi connectivity index (χ0n) is 15.0. The van der Waals surface area contributed by atoms with Gasteiger partial charge in [-0.3, -0.25) is 0 Å². The SMILES string of the molecule is COc1cc2sc(C(=O)O)c(OC3CC(C)CC(C)C3)c2cc1OC. The number of carbonyl (C=O) groups is 1. The fourth-order valence-corrected chi connectivity index (χ4v) is 4.78. The van der Waals surface area contributed by atoms with E-state index in [1.807, 2.05) is 12.1 Å². The number of thiophene rings is 1. The lowest BCUT2D eigenvalue weighted by Crippen LogP contribution is -2.28. The number of hydrogen-bond donors (Lipinski definition) is 1. The number of aromatic carboxylic acids is 1. The monoisotopic (exact) mass is 364 g/mol. The van der Waals surface area contributed by atoms with E-state index in [4.69, 9.17) is 14.2 Å². The van der Waals surface area contributed by atoms with Gasteiger partial charge in [0.15, 0.2) is 22.1 Å². The van der Waals surface area contributed by atoms with Crippen LogP contribution in [0.15, 0.2) is 12.1 Å². The normalized spacial score (nSPS) is 23.4. The van der Waals surface area contributed by atoms with Crippen molar-refractivity contribution in [1.29, 1.82) is 0 Å².